The Kier molecular flexibility index (Phi) is 3.34. The van der Waals surface area contributed by atoms with Crippen molar-refractivity contribution >= 4 is 16.9 Å². The molecule has 1 aromatic carbocycles. The second-order valence-corrected chi connectivity index (χ2v) is 5.40. The number of anilines is 1. The van der Waals surface area contributed by atoms with Crippen LogP contribution in [0.5, 0.6) is 0 Å². The molecule has 0 aliphatic carbocycles. The van der Waals surface area contributed by atoms with E-state index in [2.05, 4.69) is 28.9 Å². The lowest BCUT2D eigenvalue weighted by Crippen LogP contribution is -2.42. The summed E-state index contributed by atoms with van der Waals surface area (Å²) in [6, 6.07) is 8.74. The van der Waals surface area contributed by atoms with E-state index in [-0.39, 0.29) is 0 Å². The summed E-state index contributed by atoms with van der Waals surface area (Å²) < 4.78 is 0. The number of hydrogen-bond acceptors (Lipinski definition) is 4. The van der Waals surface area contributed by atoms with Gasteiger partial charge in [-0.2, -0.15) is 0 Å². The Bertz CT molecular complexity index is 559. The molecule has 0 unspecified atom stereocenters. The van der Waals surface area contributed by atoms with Gasteiger partial charge >= 0.3 is 0 Å². The molecule has 19 heavy (non-hydrogen) atoms. The average Bonchev–Trinajstić information content (AvgIpc) is 2.47. The number of fused-ring (bicyclic) bond motifs is 1. The van der Waals surface area contributed by atoms with Gasteiger partial charge in [-0.1, -0.05) is 12.1 Å². The molecule has 0 amide bonds. The fraction of sp³-hybridized carbons (Fsp3) is 0.467. The molecule has 1 aliphatic heterocycles. The Hall–Kier alpha value is -1.68. The van der Waals surface area contributed by atoms with Crippen LogP contribution < -0.4 is 4.90 Å². The molecule has 1 aliphatic rings. The van der Waals surface area contributed by atoms with Crippen LogP contribution in [0.4, 0.5) is 5.82 Å². The summed E-state index contributed by atoms with van der Waals surface area (Å²) in [5, 5.41) is 0. The van der Waals surface area contributed by atoms with E-state index in [4.69, 9.17) is 4.98 Å². The van der Waals surface area contributed by atoms with Crippen molar-refractivity contribution in [2.75, 3.05) is 32.1 Å². The van der Waals surface area contributed by atoms with Crippen molar-refractivity contribution in [1.29, 1.82) is 0 Å². The average molecular weight is 256 g/mol. The highest BCUT2D eigenvalue weighted by atomic mass is 15.2. The number of nitrogens with zero attached hydrogens (tertiary/aromatic N) is 4. The second-order valence-electron chi connectivity index (χ2n) is 5.40. The van der Waals surface area contributed by atoms with Crippen molar-refractivity contribution < 1.29 is 0 Å². The highest BCUT2D eigenvalue weighted by Gasteiger charge is 2.21. The lowest BCUT2D eigenvalue weighted by molar-refractivity contribution is 0.249. The Morgan fingerprint density at radius 1 is 1.11 bits per heavy atom. The molecular weight excluding hydrogens is 236 g/mol. The second kappa shape index (κ2) is 5.13. The molecular formula is C15H20N4. The molecule has 0 N–H and O–H groups in total. The summed E-state index contributed by atoms with van der Waals surface area (Å²) in [6.07, 6.45) is 4.29. The Morgan fingerprint density at radius 2 is 1.79 bits per heavy atom. The molecule has 3 rings (SSSR count). The van der Waals surface area contributed by atoms with Crippen LogP contribution in [-0.4, -0.2) is 48.1 Å². The van der Waals surface area contributed by atoms with E-state index in [1.165, 1.54) is 12.8 Å². The van der Waals surface area contributed by atoms with E-state index >= 15 is 0 Å². The largest absolute Gasteiger partial charge is 0.355 e. The molecule has 2 aromatic rings. The molecule has 0 saturated carbocycles. The van der Waals surface area contributed by atoms with Crippen LogP contribution in [0.1, 0.15) is 12.8 Å². The summed E-state index contributed by atoms with van der Waals surface area (Å²) in [7, 11) is 4.33. The fourth-order valence-electron chi connectivity index (χ4n) is 2.71. The van der Waals surface area contributed by atoms with Gasteiger partial charge in [0.2, 0.25) is 0 Å². The first-order chi connectivity index (χ1) is 9.24. The van der Waals surface area contributed by atoms with Crippen molar-refractivity contribution in [3.8, 4) is 0 Å². The van der Waals surface area contributed by atoms with Crippen molar-refractivity contribution in [2.45, 2.75) is 18.9 Å². The summed E-state index contributed by atoms with van der Waals surface area (Å²) in [5.74, 6) is 1.01. The zero-order valence-electron chi connectivity index (χ0n) is 11.6. The quantitative estimate of drug-likeness (QED) is 0.824. The zero-order chi connectivity index (χ0) is 13.2. The van der Waals surface area contributed by atoms with Crippen LogP contribution in [0.15, 0.2) is 30.5 Å². The van der Waals surface area contributed by atoms with Crippen LogP contribution in [0.3, 0.4) is 0 Å². The summed E-state index contributed by atoms with van der Waals surface area (Å²) in [6.45, 7) is 2.13. The minimum absolute atomic E-state index is 0.699. The van der Waals surface area contributed by atoms with Gasteiger partial charge in [0.15, 0.2) is 0 Å². The number of piperidine rings is 1. The molecule has 2 heterocycles. The minimum atomic E-state index is 0.699. The molecule has 1 fully saturated rings. The summed E-state index contributed by atoms with van der Waals surface area (Å²) in [5.41, 5.74) is 1.95. The van der Waals surface area contributed by atoms with E-state index in [0.717, 1.165) is 29.9 Å². The van der Waals surface area contributed by atoms with Gasteiger partial charge in [-0.15, -0.1) is 0 Å². The molecule has 0 spiro atoms. The zero-order valence-corrected chi connectivity index (χ0v) is 11.6. The molecule has 0 atom stereocenters. The van der Waals surface area contributed by atoms with Crippen molar-refractivity contribution in [2.24, 2.45) is 0 Å². The molecule has 100 valence electrons. The topological polar surface area (TPSA) is 32.3 Å². The molecule has 1 saturated heterocycles. The van der Waals surface area contributed by atoms with Crippen molar-refractivity contribution in [3.63, 3.8) is 0 Å². The third-order valence-electron chi connectivity index (χ3n) is 3.95. The monoisotopic (exact) mass is 256 g/mol. The maximum Gasteiger partial charge on any atom is 0.147 e. The fourth-order valence-corrected chi connectivity index (χ4v) is 2.71. The van der Waals surface area contributed by atoms with Gasteiger partial charge in [-0.25, -0.2) is 4.98 Å². The first kappa shape index (κ1) is 12.4. The van der Waals surface area contributed by atoms with E-state index in [9.17, 15) is 0 Å². The van der Waals surface area contributed by atoms with Gasteiger partial charge in [0.05, 0.1) is 17.2 Å². The van der Waals surface area contributed by atoms with Crippen molar-refractivity contribution in [3.05, 3.63) is 30.5 Å². The lowest BCUT2D eigenvalue weighted by Gasteiger charge is -2.35. The number of para-hydroxylation sites is 2. The smallest absolute Gasteiger partial charge is 0.147 e. The van der Waals surface area contributed by atoms with Crippen LogP contribution in [0.25, 0.3) is 11.0 Å². The normalized spacial score (nSPS) is 17.3. The maximum atomic E-state index is 4.72. The lowest BCUT2D eigenvalue weighted by atomic mass is 10.0. The van der Waals surface area contributed by atoms with Gasteiger partial charge in [-0.3, -0.25) is 4.98 Å². The van der Waals surface area contributed by atoms with Crippen LogP contribution >= 0.6 is 0 Å². The summed E-state index contributed by atoms with van der Waals surface area (Å²) in [4.78, 5) is 13.9. The number of hydrogen-bond donors (Lipinski definition) is 0. The molecule has 4 nitrogen and oxygen atoms in total. The predicted octanol–water partition coefficient (Wildman–Crippen LogP) is 2.16. The van der Waals surface area contributed by atoms with Gasteiger partial charge < -0.3 is 9.80 Å². The number of aromatic nitrogens is 2. The standard InChI is InChI=1S/C15H20N4/c1-18(2)12-7-9-19(10-8-12)15-11-16-13-5-3-4-6-14(13)17-15/h3-6,11-12H,7-10H2,1-2H3. The third-order valence-corrected chi connectivity index (χ3v) is 3.95. The van der Waals surface area contributed by atoms with Gasteiger partial charge in [0.1, 0.15) is 5.82 Å². The minimum Gasteiger partial charge on any atom is -0.355 e. The van der Waals surface area contributed by atoms with E-state index in [1.807, 2.05) is 30.5 Å². The molecule has 0 radical (unpaired) electrons. The Balaban J connectivity index is 1.78. The molecule has 4 heteroatoms. The first-order valence-electron chi connectivity index (χ1n) is 6.87. The SMILES string of the molecule is CN(C)C1CCN(c2cnc3ccccc3n2)CC1. The number of benzene rings is 1. The third kappa shape index (κ3) is 2.54. The van der Waals surface area contributed by atoms with Crippen LogP contribution in [0, 0.1) is 0 Å². The van der Waals surface area contributed by atoms with Gasteiger partial charge in [0, 0.05) is 19.1 Å². The molecule has 0 bridgehead atoms. The Morgan fingerprint density at radius 3 is 2.47 bits per heavy atom. The highest BCUT2D eigenvalue weighted by Crippen LogP contribution is 2.21. The number of rotatable bonds is 2. The van der Waals surface area contributed by atoms with Crippen LogP contribution in [-0.2, 0) is 0 Å². The van der Waals surface area contributed by atoms with Crippen LogP contribution in [0.2, 0.25) is 0 Å². The summed E-state index contributed by atoms with van der Waals surface area (Å²) >= 11 is 0. The van der Waals surface area contributed by atoms with Gasteiger partial charge in [0.25, 0.3) is 0 Å². The first-order valence-corrected chi connectivity index (χ1v) is 6.87. The van der Waals surface area contributed by atoms with Gasteiger partial charge in [-0.05, 0) is 39.1 Å². The highest BCUT2D eigenvalue weighted by molar-refractivity contribution is 5.75. The maximum absolute atomic E-state index is 4.72. The molecule has 1 aromatic heterocycles. The van der Waals surface area contributed by atoms with E-state index in [0.29, 0.717) is 6.04 Å². The van der Waals surface area contributed by atoms with Crippen molar-refractivity contribution in [1.82, 2.24) is 14.9 Å². The van der Waals surface area contributed by atoms with E-state index < -0.39 is 0 Å². The van der Waals surface area contributed by atoms with E-state index in [1.54, 1.807) is 0 Å². The predicted molar refractivity (Wildman–Crippen MR) is 78.5 cm³/mol. The Labute approximate surface area is 114 Å².